The summed E-state index contributed by atoms with van der Waals surface area (Å²) in [6.45, 7) is 20.8. The average molecular weight is 449 g/mol. The van der Waals surface area contributed by atoms with Gasteiger partial charge in [0.1, 0.15) is 5.78 Å². The van der Waals surface area contributed by atoms with E-state index in [0.29, 0.717) is 48.1 Å². The van der Waals surface area contributed by atoms with Crippen molar-refractivity contribution in [1.82, 2.24) is 20.0 Å². The molecule has 0 aromatic heterocycles. The van der Waals surface area contributed by atoms with Crippen LogP contribution in [-0.2, 0) is 9.59 Å². The van der Waals surface area contributed by atoms with Crippen molar-refractivity contribution < 1.29 is 9.59 Å². The number of hydrogen-bond acceptors (Lipinski definition) is 6. The molecule has 6 heteroatoms. The van der Waals surface area contributed by atoms with Gasteiger partial charge in [-0.25, -0.2) is 0 Å². The van der Waals surface area contributed by atoms with E-state index in [2.05, 4.69) is 61.6 Å². The molecule has 0 radical (unpaired) electrons. The van der Waals surface area contributed by atoms with Gasteiger partial charge in [0.05, 0.1) is 6.54 Å². The number of Topliss-reactive ketones (excluding diaryl/α,β-unsaturated/α-hetero) is 2. The van der Waals surface area contributed by atoms with E-state index in [1.807, 2.05) is 0 Å². The highest BCUT2D eigenvalue weighted by molar-refractivity contribution is 5.86. The zero-order valence-corrected chi connectivity index (χ0v) is 21.5. The first-order valence-electron chi connectivity index (χ1n) is 13.2. The maximum absolute atomic E-state index is 11.4. The number of likely N-dealkylation sites (tertiary alicyclic amines) is 3. The maximum atomic E-state index is 11.4. The summed E-state index contributed by atoms with van der Waals surface area (Å²) in [4.78, 5) is 30.1. The van der Waals surface area contributed by atoms with Crippen molar-refractivity contribution in [2.45, 2.75) is 91.4 Å². The Morgan fingerprint density at radius 2 is 1.28 bits per heavy atom. The Morgan fingerprint density at radius 3 is 1.78 bits per heavy atom. The molecule has 4 unspecified atom stereocenters. The quantitative estimate of drug-likeness (QED) is 0.716. The van der Waals surface area contributed by atoms with Crippen LogP contribution in [0.5, 0.6) is 0 Å². The average Bonchev–Trinajstić information content (AvgIpc) is 3.53. The van der Waals surface area contributed by atoms with Gasteiger partial charge in [0.25, 0.3) is 0 Å². The molecule has 1 aliphatic carbocycles. The smallest absolute Gasteiger partial charge is 0.152 e. The highest BCUT2D eigenvalue weighted by Crippen LogP contribution is 2.35. The molecule has 0 aromatic rings. The minimum absolute atomic E-state index is 0.285. The van der Waals surface area contributed by atoms with Crippen LogP contribution in [0.1, 0.15) is 67.2 Å². The van der Waals surface area contributed by atoms with Crippen molar-refractivity contribution in [3.8, 4) is 0 Å². The van der Waals surface area contributed by atoms with Crippen molar-refractivity contribution in [2.24, 2.45) is 17.8 Å². The van der Waals surface area contributed by atoms with Crippen LogP contribution in [0, 0.1) is 17.8 Å². The molecular formula is C26H48N4O2. The molecule has 0 bridgehead atoms. The Balaban J connectivity index is 0.000000139. The topological polar surface area (TPSA) is 55.9 Å². The van der Waals surface area contributed by atoms with Crippen molar-refractivity contribution >= 4 is 11.6 Å². The third kappa shape index (κ3) is 6.40. The molecule has 0 amide bonds. The number of nitrogens with zero attached hydrogens (tertiary/aromatic N) is 3. The van der Waals surface area contributed by atoms with Crippen LogP contribution in [0.25, 0.3) is 0 Å². The van der Waals surface area contributed by atoms with Crippen LogP contribution in [0.2, 0.25) is 0 Å². The second-order valence-electron chi connectivity index (χ2n) is 11.4. The molecule has 1 N–H and O–H groups in total. The first kappa shape index (κ1) is 25.8. The summed E-state index contributed by atoms with van der Waals surface area (Å²) in [7, 11) is 0. The third-order valence-corrected chi connectivity index (χ3v) is 8.28. The minimum atomic E-state index is 0.285. The van der Waals surface area contributed by atoms with E-state index < -0.39 is 0 Å². The van der Waals surface area contributed by atoms with E-state index in [-0.39, 0.29) is 5.92 Å². The summed E-state index contributed by atoms with van der Waals surface area (Å²) < 4.78 is 0. The minimum Gasteiger partial charge on any atom is -0.305 e. The van der Waals surface area contributed by atoms with E-state index in [9.17, 15) is 9.59 Å². The van der Waals surface area contributed by atoms with Crippen LogP contribution in [-0.4, -0.2) is 96.2 Å². The van der Waals surface area contributed by atoms with E-state index in [4.69, 9.17) is 0 Å². The SMILES string of the molecule is CC(C)N1CC2CCC(=O)C2C1.CC(C)N1CC2NCC(=O)C2C1.CC(C)N1CCCC1. The van der Waals surface area contributed by atoms with Gasteiger partial charge in [-0.15, -0.1) is 0 Å². The molecule has 32 heavy (non-hydrogen) atoms. The van der Waals surface area contributed by atoms with Gasteiger partial charge in [-0.2, -0.15) is 0 Å². The molecule has 184 valence electrons. The van der Waals surface area contributed by atoms with Gasteiger partial charge in [0, 0.05) is 68.6 Å². The van der Waals surface area contributed by atoms with E-state index in [0.717, 1.165) is 45.1 Å². The van der Waals surface area contributed by atoms with Crippen LogP contribution >= 0.6 is 0 Å². The highest BCUT2D eigenvalue weighted by Gasteiger charge is 2.42. The fourth-order valence-corrected chi connectivity index (χ4v) is 5.91. The molecule has 0 aromatic carbocycles. The fraction of sp³-hybridized carbons (Fsp3) is 0.923. The molecule has 4 atom stereocenters. The molecule has 5 rings (SSSR count). The van der Waals surface area contributed by atoms with Gasteiger partial charge in [-0.05, 0) is 79.8 Å². The lowest BCUT2D eigenvalue weighted by Gasteiger charge is -2.20. The number of hydrogen-bond donors (Lipinski definition) is 1. The normalized spacial score (nSPS) is 33.0. The Morgan fingerprint density at radius 1 is 0.719 bits per heavy atom. The number of ketones is 2. The second kappa shape index (κ2) is 11.5. The van der Waals surface area contributed by atoms with Gasteiger partial charge >= 0.3 is 0 Å². The van der Waals surface area contributed by atoms with Crippen molar-refractivity contribution in [3.63, 3.8) is 0 Å². The lowest BCUT2D eigenvalue weighted by atomic mass is 10.0. The highest BCUT2D eigenvalue weighted by atomic mass is 16.1. The van der Waals surface area contributed by atoms with E-state index >= 15 is 0 Å². The van der Waals surface area contributed by atoms with Gasteiger partial charge < -0.3 is 10.2 Å². The standard InChI is InChI=1S/C10H17NO.C9H16N2O.C7H15N/c1-7(2)11-5-8-3-4-10(12)9(8)6-11;1-6(2)11-4-7-8(5-11)10-3-9(7)12;1-7(2)8-5-3-4-6-8/h7-9H,3-6H2,1-2H3;6-8,10H,3-5H2,1-2H3;7H,3-6H2,1-2H3. The van der Waals surface area contributed by atoms with Crippen LogP contribution in [0.3, 0.4) is 0 Å². The van der Waals surface area contributed by atoms with Crippen molar-refractivity contribution in [2.75, 3.05) is 45.8 Å². The zero-order valence-electron chi connectivity index (χ0n) is 21.5. The Labute approximate surface area is 196 Å². The van der Waals surface area contributed by atoms with Gasteiger partial charge in [0.2, 0.25) is 0 Å². The molecule has 4 saturated heterocycles. The monoisotopic (exact) mass is 448 g/mol. The molecule has 6 nitrogen and oxygen atoms in total. The van der Waals surface area contributed by atoms with E-state index in [1.54, 1.807) is 0 Å². The molecule has 1 saturated carbocycles. The van der Waals surface area contributed by atoms with Crippen molar-refractivity contribution in [3.05, 3.63) is 0 Å². The summed E-state index contributed by atoms with van der Waals surface area (Å²) in [5, 5.41) is 3.26. The number of fused-ring (bicyclic) bond motifs is 2. The summed E-state index contributed by atoms with van der Waals surface area (Å²) in [5.41, 5.74) is 0. The third-order valence-electron chi connectivity index (χ3n) is 8.28. The Hall–Kier alpha value is -0.820. The maximum Gasteiger partial charge on any atom is 0.152 e. The number of nitrogens with one attached hydrogen (secondary N) is 1. The number of rotatable bonds is 3. The van der Waals surface area contributed by atoms with Crippen molar-refractivity contribution in [1.29, 1.82) is 0 Å². The summed E-state index contributed by atoms with van der Waals surface area (Å²) in [6.07, 6.45) is 4.82. The molecule has 5 aliphatic rings. The zero-order chi connectivity index (χ0) is 23.4. The summed E-state index contributed by atoms with van der Waals surface area (Å²) >= 11 is 0. The van der Waals surface area contributed by atoms with Crippen LogP contribution < -0.4 is 5.32 Å². The van der Waals surface area contributed by atoms with Crippen LogP contribution in [0.15, 0.2) is 0 Å². The summed E-state index contributed by atoms with van der Waals surface area (Å²) in [5.74, 6) is 2.30. The summed E-state index contributed by atoms with van der Waals surface area (Å²) in [6, 6.07) is 2.41. The predicted octanol–water partition coefficient (Wildman–Crippen LogP) is 2.66. The van der Waals surface area contributed by atoms with Crippen LogP contribution in [0.4, 0.5) is 0 Å². The molecule has 5 fully saturated rings. The first-order chi connectivity index (χ1) is 15.2. The Kier molecular flexibility index (Phi) is 9.31. The Bertz CT molecular complexity index is 585. The van der Waals surface area contributed by atoms with E-state index in [1.165, 1.54) is 25.9 Å². The van der Waals surface area contributed by atoms with Gasteiger partial charge in [-0.3, -0.25) is 19.4 Å². The van der Waals surface area contributed by atoms with Gasteiger partial charge in [0.15, 0.2) is 5.78 Å². The van der Waals surface area contributed by atoms with Gasteiger partial charge in [-0.1, -0.05) is 0 Å². The molecular weight excluding hydrogens is 400 g/mol. The second-order valence-corrected chi connectivity index (χ2v) is 11.4. The molecule has 0 spiro atoms. The molecule has 4 heterocycles. The fourth-order valence-electron chi connectivity index (χ4n) is 5.91. The lowest BCUT2D eigenvalue weighted by molar-refractivity contribution is -0.121. The molecule has 4 aliphatic heterocycles. The first-order valence-corrected chi connectivity index (χ1v) is 13.2. The number of carbonyl (C=O) groups excluding carboxylic acids is 2. The lowest BCUT2D eigenvalue weighted by Crippen LogP contribution is -2.34. The predicted molar refractivity (Wildman–Crippen MR) is 131 cm³/mol. The number of carbonyl (C=O) groups is 2. The largest absolute Gasteiger partial charge is 0.305 e.